The minimum Gasteiger partial charge on any atom is -0.330 e. The van der Waals surface area contributed by atoms with Gasteiger partial charge in [-0.1, -0.05) is 75.1 Å². The molecule has 0 saturated carbocycles. The average Bonchev–Trinajstić information content (AvgIpc) is 2.28. The summed E-state index contributed by atoms with van der Waals surface area (Å²) in [7, 11) is 0. The molecule has 0 spiro atoms. The topological polar surface area (TPSA) is 26.0 Å². The molecule has 0 unspecified atom stereocenters. The van der Waals surface area contributed by atoms with Crippen LogP contribution >= 0.6 is 23.2 Å². The van der Waals surface area contributed by atoms with E-state index in [0.717, 1.165) is 6.54 Å². The van der Waals surface area contributed by atoms with Gasteiger partial charge >= 0.3 is 0 Å². The summed E-state index contributed by atoms with van der Waals surface area (Å²) in [6.07, 6.45) is 11.0. The van der Waals surface area contributed by atoms with Gasteiger partial charge in [0.2, 0.25) is 0 Å². The Kier molecular flexibility index (Phi) is 23.3. The van der Waals surface area contributed by atoms with Gasteiger partial charge in [-0.2, -0.15) is 0 Å². The van der Waals surface area contributed by atoms with Crippen LogP contribution in [0, 0.1) is 0 Å². The molecule has 0 atom stereocenters. The van der Waals surface area contributed by atoms with Gasteiger partial charge in [0, 0.05) is 11.1 Å². The molecule has 0 aromatic heterocycles. The van der Waals surface area contributed by atoms with E-state index in [1.807, 2.05) is 0 Å². The van der Waals surface area contributed by atoms with Gasteiger partial charge in [0.25, 0.3) is 0 Å². The van der Waals surface area contributed by atoms with Crippen molar-refractivity contribution in [3.63, 3.8) is 0 Å². The van der Waals surface area contributed by atoms with E-state index in [1.165, 1.54) is 62.4 Å². The van der Waals surface area contributed by atoms with E-state index in [4.69, 9.17) is 28.9 Å². The van der Waals surface area contributed by atoms with Crippen molar-refractivity contribution in [3.8, 4) is 0 Å². The fraction of sp³-hybridized carbons (Fsp3) is 0.833. The summed E-state index contributed by atoms with van der Waals surface area (Å²) in [6, 6.07) is 0. The zero-order valence-corrected chi connectivity index (χ0v) is 11.4. The molecular weight excluding hydrogens is 229 g/mol. The SMILES string of the molecule is CCCCCCCCCCN.ClC=CCl. The predicted molar refractivity (Wildman–Crippen MR) is 72.5 cm³/mol. The average molecular weight is 254 g/mol. The van der Waals surface area contributed by atoms with E-state index >= 15 is 0 Å². The van der Waals surface area contributed by atoms with E-state index in [0.29, 0.717) is 0 Å². The van der Waals surface area contributed by atoms with Crippen LogP contribution in [0.2, 0.25) is 0 Å². The van der Waals surface area contributed by atoms with Crippen LogP contribution in [-0.4, -0.2) is 6.54 Å². The van der Waals surface area contributed by atoms with Crippen molar-refractivity contribution in [1.82, 2.24) is 0 Å². The molecule has 0 aromatic rings. The highest BCUT2D eigenvalue weighted by molar-refractivity contribution is 6.33. The van der Waals surface area contributed by atoms with Crippen molar-refractivity contribution in [1.29, 1.82) is 0 Å². The molecule has 1 nitrogen and oxygen atoms in total. The summed E-state index contributed by atoms with van der Waals surface area (Å²) in [4.78, 5) is 0. The monoisotopic (exact) mass is 253 g/mol. The third-order valence-corrected chi connectivity index (χ3v) is 2.49. The molecule has 92 valence electrons. The number of halogens is 2. The lowest BCUT2D eigenvalue weighted by Gasteiger charge is -1.99. The van der Waals surface area contributed by atoms with E-state index in [2.05, 4.69) is 6.92 Å². The van der Waals surface area contributed by atoms with Gasteiger partial charge in [0.05, 0.1) is 0 Å². The molecule has 0 bridgehead atoms. The standard InChI is InChI=1S/C10H23N.C2H2Cl2/c1-2-3-4-5-6-7-8-9-10-11;3-1-2-4/h2-11H2,1H3;1-2H. The van der Waals surface area contributed by atoms with Crippen LogP contribution in [0.25, 0.3) is 0 Å². The maximum Gasteiger partial charge on any atom is 0.0156 e. The zero-order valence-electron chi connectivity index (χ0n) is 9.85. The summed E-state index contributed by atoms with van der Waals surface area (Å²) >= 11 is 9.75. The Balaban J connectivity index is 0. The van der Waals surface area contributed by atoms with Crippen molar-refractivity contribution in [2.24, 2.45) is 5.73 Å². The van der Waals surface area contributed by atoms with Crippen molar-refractivity contribution in [2.75, 3.05) is 6.54 Å². The van der Waals surface area contributed by atoms with Gasteiger partial charge in [0.1, 0.15) is 0 Å². The second kappa shape index (κ2) is 19.8. The normalized spacial score (nSPS) is 10.1. The van der Waals surface area contributed by atoms with Gasteiger partial charge in [0.15, 0.2) is 0 Å². The first-order valence-corrected chi connectivity index (χ1v) is 6.76. The number of nitrogens with two attached hydrogens (primary N) is 1. The van der Waals surface area contributed by atoms with E-state index in [9.17, 15) is 0 Å². The maximum absolute atomic E-state index is 5.39. The summed E-state index contributed by atoms with van der Waals surface area (Å²) in [5, 5.41) is 0. The molecule has 0 aliphatic rings. The molecule has 15 heavy (non-hydrogen) atoms. The number of hydrogen-bond acceptors (Lipinski definition) is 1. The first-order valence-electron chi connectivity index (χ1n) is 5.89. The van der Waals surface area contributed by atoms with Crippen LogP contribution in [0.4, 0.5) is 0 Å². The minimum atomic E-state index is 0.870. The number of hydrogen-bond donors (Lipinski definition) is 1. The second-order valence-corrected chi connectivity index (χ2v) is 4.02. The van der Waals surface area contributed by atoms with Crippen LogP contribution < -0.4 is 5.73 Å². The number of rotatable bonds is 8. The zero-order chi connectivity index (χ0) is 11.8. The molecule has 0 amide bonds. The summed E-state index contributed by atoms with van der Waals surface area (Å²) in [5.74, 6) is 0. The lowest BCUT2D eigenvalue weighted by molar-refractivity contribution is 0.578. The third-order valence-electron chi connectivity index (χ3n) is 2.11. The molecule has 0 fully saturated rings. The molecular formula is C12H25Cl2N. The Morgan fingerprint density at radius 3 is 1.53 bits per heavy atom. The molecule has 0 radical (unpaired) electrons. The fourth-order valence-electron chi connectivity index (χ4n) is 1.28. The highest BCUT2D eigenvalue weighted by Gasteiger charge is 1.89. The van der Waals surface area contributed by atoms with Crippen molar-refractivity contribution in [3.05, 3.63) is 11.1 Å². The van der Waals surface area contributed by atoms with Gasteiger partial charge in [-0.05, 0) is 13.0 Å². The first-order chi connectivity index (χ1) is 7.33. The van der Waals surface area contributed by atoms with Gasteiger partial charge in [-0.25, -0.2) is 0 Å². The highest BCUT2D eigenvalue weighted by Crippen LogP contribution is 2.07. The molecule has 3 heteroatoms. The molecule has 0 aromatic carbocycles. The largest absolute Gasteiger partial charge is 0.330 e. The van der Waals surface area contributed by atoms with Crippen molar-refractivity contribution in [2.45, 2.75) is 58.3 Å². The Morgan fingerprint density at radius 1 is 0.800 bits per heavy atom. The molecule has 0 heterocycles. The highest BCUT2D eigenvalue weighted by atomic mass is 35.5. The number of unbranched alkanes of at least 4 members (excludes halogenated alkanes) is 7. The summed E-state index contributed by atoms with van der Waals surface area (Å²) < 4.78 is 0. The Hall–Kier alpha value is 0.280. The molecule has 0 aliphatic heterocycles. The Bertz CT molecular complexity index is 104. The van der Waals surface area contributed by atoms with Gasteiger partial charge < -0.3 is 5.73 Å². The Morgan fingerprint density at radius 2 is 1.20 bits per heavy atom. The van der Waals surface area contributed by atoms with E-state index in [-0.39, 0.29) is 0 Å². The van der Waals surface area contributed by atoms with E-state index in [1.54, 1.807) is 0 Å². The molecule has 0 aliphatic carbocycles. The van der Waals surface area contributed by atoms with Crippen molar-refractivity contribution >= 4 is 23.2 Å². The minimum absolute atomic E-state index is 0.870. The quantitative estimate of drug-likeness (QED) is 0.604. The van der Waals surface area contributed by atoms with Crippen LogP contribution in [-0.2, 0) is 0 Å². The fourth-order valence-corrected chi connectivity index (χ4v) is 1.28. The Labute approximate surface area is 105 Å². The first kappa shape index (κ1) is 17.7. The molecule has 0 rings (SSSR count). The predicted octanol–water partition coefficient (Wildman–Crippen LogP) is 5.02. The molecule has 0 saturated heterocycles. The summed E-state index contributed by atoms with van der Waals surface area (Å²) in [6.45, 7) is 3.13. The van der Waals surface area contributed by atoms with Gasteiger partial charge in [-0.3, -0.25) is 0 Å². The molecule has 2 N–H and O–H groups in total. The van der Waals surface area contributed by atoms with Crippen LogP contribution in [0.3, 0.4) is 0 Å². The lowest BCUT2D eigenvalue weighted by atomic mass is 10.1. The van der Waals surface area contributed by atoms with Crippen LogP contribution in [0.15, 0.2) is 11.1 Å². The smallest absolute Gasteiger partial charge is 0.0156 e. The van der Waals surface area contributed by atoms with E-state index < -0.39 is 0 Å². The van der Waals surface area contributed by atoms with Gasteiger partial charge in [-0.15, -0.1) is 0 Å². The summed E-state index contributed by atoms with van der Waals surface area (Å²) in [5.41, 5.74) is 7.87. The maximum atomic E-state index is 5.39. The van der Waals surface area contributed by atoms with Crippen molar-refractivity contribution < 1.29 is 0 Å². The van der Waals surface area contributed by atoms with Crippen LogP contribution in [0.1, 0.15) is 58.3 Å². The second-order valence-electron chi connectivity index (χ2n) is 3.52. The van der Waals surface area contributed by atoms with Crippen LogP contribution in [0.5, 0.6) is 0 Å². The third kappa shape index (κ3) is 25.0. The lowest BCUT2D eigenvalue weighted by Crippen LogP contribution is -1.97.